The third-order valence-corrected chi connectivity index (χ3v) is 11.6. The van der Waals surface area contributed by atoms with Crippen LogP contribution in [0.4, 0.5) is 0 Å². The molecule has 0 aromatic heterocycles. The topological polar surface area (TPSA) is 43.2 Å². The number of benzene rings is 6. The predicted molar refractivity (Wildman–Crippen MR) is 234 cm³/mol. The fraction of sp³-hybridized carbons (Fsp3) is 0.283. The van der Waals surface area contributed by atoms with Crippen LogP contribution in [0, 0.1) is 5.41 Å². The molecule has 0 aliphatic carbocycles. The third-order valence-electron chi connectivity index (χ3n) is 11.6. The van der Waals surface area contributed by atoms with Crippen LogP contribution in [0.3, 0.4) is 0 Å². The fourth-order valence-electron chi connectivity index (χ4n) is 8.27. The molecule has 6 aromatic rings. The Morgan fingerprint density at radius 2 is 0.684 bits per heavy atom. The highest BCUT2D eigenvalue weighted by molar-refractivity contribution is 6.07. The molecule has 0 saturated heterocycles. The minimum atomic E-state index is -0.889. The highest BCUT2D eigenvalue weighted by Crippen LogP contribution is 2.50. The molecule has 0 amide bonds. The summed E-state index contributed by atoms with van der Waals surface area (Å²) in [6, 6.07) is 59.8. The van der Waals surface area contributed by atoms with E-state index in [9.17, 15) is 0 Å². The van der Waals surface area contributed by atoms with Crippen LogP contribution in [0.5, 0.6) is 0 Å². The Balaban J connectivity index is 1.35. The first-order chi connectivity index (χ1) is 27.5. The molecule has 0 N–H and O–H groups in total. The molecule has 4 nitrogen and oxygen atoms in total. The van der Waals surface area contributed by atoms with Crippen LogP contribution >= 0.6 is 0 Å². The highest BCUT2D eigenvalue weighted by Gasteiger charge is 2.53. The summed E-state index contributed by atoms with van der Waals surface area (Å²) >= 11 is 0. The molecule has 2 heterocycles. The second kappa shape index (κ2) is 15.7. The quantitative estimate of drug-likeness (QED) is 0.140. The van der Waals surface area contributed by atoms with Gasteiger partial charge < -0.3 is 9.47 Å². The van der Waals surface area contributed by atoms with Gasteiger partial charge in [-0.25, -0.2) is 9.98 Å². The standard InChI is InChI=1S/C53H54N2O2/c1-51(2,3)43-31-27-37(28-32-43)35-53(36-38-29-33-44(34-30-38)52(4,5)6,49-54-45(39-19-11-7-12-20-39)47(56-49)41-23-15-9-16-24-41)50-55-46(40-21-13-8-14-22-40)48(57-50)42-25-17-10-18-26-42/h7-34,45-48H,35-36H2,1-6H3. The monoisotopic (exact) mass is 750 g/mol. The normalized spacial score (nSPS) is 19.7. The van der Waals surface area contributed by atoms with E-state index in [-0.39, 0.29) is 35.1 Å². The van der Waals surface area contributed by atoms with Gasteiger partial charge in [-0.1, -0.05) is 211 Å². The average molecular weight is 751 g/mol. The van der Waals surface area contributed by atoms with Crippen molar-refractivity contribution in [1.29, 1.82) is 0 Å². The van der Waals surface area contributed by atoms with Crippen molar-refractivity contribution in [2.24, 2.45) is 15.4 Å². The highest BCUT2D eigenvalue weighted by atomic mass is 16.5. The van der Waals surface area contributed by atoms with E-state index in [2.05, 4.69) is 211 Å². The molecule has 288 valence electrons. The van der Waals surface area contributed by atoms with Gasteiger partial charge in [0, 0.05) is 0 Å². The van der Waals surface area contributed by atoms with Gasteiger partial charge in [-0.15, -0.1) is 0 Å². The number of hydrogen-bond acceptors (Lipinski definition) is 4. The van der Waals surface area contributed by atoms with Crippen LogP contribution in [0.25, 0.3) is 0 Å². The average Bonchev–Trinajstić information content (AvgIpc) is 3.89. The van der Waals surface area contributed by atoms with E-state index in [0.29, 0.717) is 24.6 Å². The van der Waals surface area contributed by atoms with Gasteiger partial charge in [-0.05, 0) is 68.2 Å². The first-order valence-electron chi connectivity index (χ1n) is 20.4. The lowest BCUT2D eigenvalue weighted by Crippen LogP contribution is -2.44. The summed E-state index contributed by atoms with van der Waals surface area (Å²) in [5.74, 6) is 1.31. The molecular formula is C53H54N2O2. The van der Waals surface area contributed by atoms with Gasteiger partial charge in [0.2, 0.25) is 11.8 Å². The summed E-state index contributed by atoms with van der Waals surface area (Å²) in [5, 5.41) is 0. The van der Waals surface area contributed by atoms with Crippen LogP contribution in [-0.2, 0) is 33.1 Å². The van der Waals surface area contributed by atoms with Crippen LogP contribution in [0.1, 0.15) is 110 Å². The van der Waals surface area contributed by atoms with Crippen molar-refractivity contribution in [3.8, 4) is 0 Å². The molecule has 0 radical (unpaired) electrons. The number of rotatable bonds is 10. The second-order valence-electron chi connectivity index (χ2n) is 17.8. The smallest absolute Gasteiger partial charge is 0.201 e. The van der Waals surface area contributed by atoms with Gasteiger partial charge in [-0.2, -0.15) is 0 Å². The van der Waals surface area contributed by atoms with Crippen molar-refractivity contribution < 1.29 is 9.47 Å². The molecule has 2 aliphatic heterocycles. The molecule has 4 atom stereocenters. The van der Waals surface area contributed by atoms with Gasteiger partial charge in [0.25, 0.3) is 0 Å². The molecule has 0 spiro atoms. The SMILES string of the molecule is CC(C)(C)c1ccc(CC(Cc2ccc(C(C)(C)C)cc2)(C2=NC(c3ccccc3)C(c3ccccc3)O2)C2=NC(c3ccccc3)C(c3ccccc3)O2)cc1. The van der Waals surface area contributed by atoms with Crippen LogP contribution in [0.15, 0.2) is 180 Å². The Hall–Kier alpha value is -5.74. The maximum atomic E-state index is 7.36. The van der Waals surface area contributed by atoms with Gasteiger partial charge in [0.15, 0.2) is 12.2 Å². The number of hydrogen-bond donors (Lipinski definition) is 0. The molecular weight excluding hydrogens is 697 g/mol. The lowest BCUT2D eigenvalue weighted by molar-refractivity contribution is 0.154. The van der Waals surface area contributed by atoms with Crippen LogP contribution in [0.2, 0.25) is 0 Å². The molecule has 6 aromatic carbocycles. The van der Waals surface area contributed by atoms with E-state index in [4.69, 9.17) is 19.5 Å². The number of ether oxygens (including phenoxy) is 2. The molecule has 0 bridgehead atoms. The first kappa shape index (κ1) is 38.1. The Kier molecular flexibility index (Phi) is 10.5. The number of nitrogens with zero attached hydrogens (tertiary/aromatic N) is 2. The zero-order valence-electron chi connectivity index (χ0n) is 34.1. The summed E-state index contributed by atoms with van der Waals surface area (Å²) in [6.45, 7) is 13.6. The molecule has 0 saturated carbocycles. The van der Waals surface area contributed by atoms with E-state index in [0.717, 1.165) is 22.3 Å². The van der Waals surface area contributed by atoms with E-state index >= 15 is 0 Å². The summed E-state index contributed by atoms with van der Waals surface area (Å²) in [4.78, 5) is 11.3. The predicted octanol–water partition coefficient (Wildman–Crippen LogP) is 12.9. The van der Waals surface area contributed by atoms with Crippen molar-refractivity contribution in [3.05, 3.63) is 214 Å². The van der Waals surface area contributed by atoms with Gasteiger partial charge in [0.1, 0.15) is 17.5 Å². The van der Waals surface area contributed by atoms with E-state index in [1.807, 2.05) is 0 Å². The number of aliphatic imine (C=N–C) groups is 2. The van der Waals surface area contributed by atoms with Crippen molar-refractivity contribution >= 4 is 11.8 Å². The maximum absolute atomic E-state index is 7.36. The van der Waals surface area contributed by atoms with Crippen molar-refractivity contribution in [2.45, 2.75) is 89.5 Å². The third kappa shape index (κ3) is 8.09. The van der Waals surface area contributed by atoms with Crippen molar-refractivity contribution in [1.82, 2.24) is 0 Å². The Labute approximate surface area is 339 Å². The summed E-state index contributed by atoms with van der Waals surface area (Å²) in [7, 11) is 0. The Morgan fingerprint density at radius 3 is 0.982 bits per heavy atom. The molecule has 57 heavy (non-hydrogen) atoms. The molecule has 8 rings (SSSR count). The molecule has 4 heteroatoms. The van der Waals surface area contributed by atoms with Gasteiger partial charge in [-0.3, -0.25) is 0 Å². The summed E-state index contributed by atoms with van der Waals surface area (Å²) < 4.78 is 14.7. The molecule has 2 aliphatic rings. The minimum Gasteiger partial charge on any atom is -0.469 e. The van der Waals surface area contributed by atoms with Crippen molar-refractivity contribution in [2.75, 3.05) is 0 Å². The van der Waals surface area contributed by atoms with Crippen molar-refractivity contribution in [3.63, 3.8) is 0 Å². The largest absolute Gasteiger partial charge is 0.469 e. The Morgan fingerprint density at radius 1 is 0.386 bits per heavy atom. The fourth-order valence-corrected chi connectivity index (χ4v) is 8.27. The summed E-state index contributed by atoms with van der Waals surface area (Å²) in [6.07, 6.45) is 0.516. The Bertz CT molecular complexity index is 2130. The summed E-state index contributed by atoms with van der Waals surface area (Å²) in [5.41, 5.74) is 8.48. The van der Waals surface area contributed by atoms with Gasteiger partial charge >= 0.3 is 0 Å². The molecule has 4 unspecified atom stereocenters. The second-order valence-corrected chi connectivity index (χ2v) is 17.8. The van der Waals surface area contributed by atoms with Crippen LogP contribution < -0.4 is 0 Å². The first-order valence-corrected chi connectivity index (χ1v) is 20.4. The van der Waals surface area contributed by atoms with Gasteiger partial charge in [0.05, 0.1) is 0 Å². The zero-order valence-corrected chi connectivity index (χ0v) is 34.1. The zero-order chi connectivity index (χ0) is 39.6. The van der Waals surface area contributed by atoms with E-state index in [1.165, 1.54) is 22.3 Å². The van der Waals surface area contributed by atoms with E-state index < -0.39 is 5.41 Å². The maximum Gasteiger partial charge on any atom is 0.201 e. The lowest BCUT2D eigenvalue weighted by Gasteiger charge is -2.34. The van der Waals surface area contributed by atoms with E-state index in [1.54, 1.807) is 0 Å². The molecule has 0 fully saturated rings. The lowest BCUT2D eigenvalue weighted by atomic mass is 9.74. The minimum absolute atomic E-state index is 0.0271. The van der Waals surface area contributed by atoms with Crippen LogP contribution in [-0.4, -0.2) is 11.8 Å².